The van der Waals surface area contributed by atoms with Gasteiger partial charge in [-0.1, -0.05) is 6.92 Å². The van der Waals surface area contributed by atoms with Gasteiger partial charge in [-0.25, -0.2) is 9.97 Å². The summed E-state index contributed by atoms with van der Waals surface area (Å²) in [6.07, 6.45) is 4.59. The number of nitrogens with zero attached hydrogens (tertiary/aromatic N) is 6. The van der Waals surface area contributed by atoms with Gasteiger partial charge in [0.25, 0.3) is 0 Å². The largest absolute Gasteiger partial charge is 0.337 e. The summed E-state index contributed by atoms with van der Waals surface area (Å²) in [6, 6.07) is 0. The summed E-state index contributed by atoms with van der Waals surface area (Å²) in [7, 11) is 3.93. The zero-order valence-corrected chi connectivity index (χ0v) is 13.5. The molecule has 0 bridgehead atoms. The molecule has 0 spiro atoms. The van der Waals surface area contributed by atoms with E-state index in [-0.39, 0.29) is 5.38 Å². The molecule has 112 valence electrons. The van der Waals surface area contributed by atoms with E-state index in [2.05, 4.69) is 21.6 Å². The van der Waals surface area contributed by atoms with Crippen LogP contribution in [-0.4, -0.2) is 28.9 Å². The number of aryl methyl sites for hydroxylation is 3. The summed E-state index contributed by atoms with van der Waals surface area (Å²) in [5, 5.41) is 4.38. The second-order valence-corrected chi connectivity index (χ2v) is 5.88. The lowest BCUT2D eigenvalue weighted by Gasteiger charge is -2.11. The van der Waals surface area contributed by atoms with Gasteiger partial charge in [-0.15, -0.1) is 11.6 Å². The molecular formula is C14H19ClN6. The van der Waals surface area contributed by atoms with Crippen molar-refractivity contribution in [2.24, 2.45) is 14.1 Å². The van der Waals surface area contributed by atoms with Crippen molar-refractivity contribution in [3.8, 4) is 0 Å². The van der Waals surface area contributed by atoms with Crippen LogP contribution in [0.4, 0.5) is 0 Å². The van der Waals surface area contributed by atoms with Crippen LogP contribution >= 0.6 is 11.6 Å². The minimum atomic E-state index is -0.164. The minimum absolute atomic E-state index is 0.164. The molecule has 0 fully saturated rings. The van der Waals surface area contributed by atoms with E-state index < -0.39 is 0 Å². The first kappa shape index (κ1) is 14.1. The molecule has 0 N–H and O–H groups in total. The Hall–Kier alpha value is -1.82. The molecule has 21 heavy (non-hydrogen) atoms. The molecule has 0 radical (unpaired) electrons. The van der Waals surface area contributed by atoms with Crippen LogP contribution in [0.25, 0.3) is 11.2 Å². The fraction of sp³-hybridized carbons (Fsp3) is 0.500. The molecular weight excluding hydrogens is 288 g/mol. The van der Waals surface area contributed by atoms with Crippen molar-refractivity contribution in [3.63, 3.8) is 0 Å². The van der Waals surface area contributed by atoms with E-state index in [9.17, 15) is 0 Å². The number of aromatic nitrogens is 6. The number of fused-ring (bicyclic) bond motifs is 1. The fourth-order valence-electron chi connectivity index (χ4n) is 2.65. The van der Waals surface area contributed by atoms with Crippen LogP contribution < -0.4 is 0 Å². The van der Waals surface area contributed by atoms with Gasteiger partial charge >= 0.3 is 0 Å². The second-order valence-electron chi connectivity index (χ2n) is 5.22. The molecule has 1 unspecified atom stereocenters. The smallest absolute Gasteiger partial charge is 0.159 e. The molecule has 7 heteroatoms. The Morgan fingerprint density at radius 2 is 2.10 bits per heavy atom. The van der Waals surface area contributed by atoms with Crippen molar-refractivity contribution >= 4 is 22.8 Å². The number of hydrogen-bond acceptors (Lipinski definition) is 3. The topological polar surface area (TPSA) is 53.5 Å². The van der Waals surface area contributed by atoms with Crippen molar-refractivity contribution in [2.45, 2.75) is 32.2 Å². The maximum absolute atomic E-state index is 6.32. The maximum Gasteiger partial charge on any atom is 0.159 e. The highest BCUT2D eigenvalue weighted by Gasteiger charge is 2.21. The second kappa shape index (κ2) is 5.18. The monoisotopic (exact) mass is 306 g/mol. The van der Waals surface area contributed by atoms with Gasteiger partial charge in [0, 0.05) is 26.5 Å². The van der Waals surface area contributed by atoms with Crippen LogP contribution in [0, 0.1) is 0 Å². The SMILES string of the molecule is CCc1nn(C)c2c1nc(C(C)Cl)n2Cc1nccn1C. The molecule has 0 aromatic carbocycles. The molecule has 0 aliphatic rings. The molecule has 1 atom stereocenters. The Morgan fingerprint density at radius 3 is 2.67 bits per heavy atom. The molecule has 3 heterocycles. The number of hydrogen-bond donors (Lipinski definition) is 0. The predicted octanol–water partition coefficient (Wildman–Crippen LogP) is 2.41. The lowest BCUT2D eigenvalue weighted by molar-refractivity contribution is 0.646. The summed E-state index contributed by atoms with van der Waals surface area (Å²) in [5.41, 5.74) is 2.94. The van der Waals surface area contributed by atoms with Crippen LogP contribution in [0.15, 0.2) is 12.4 Å². The summed E-state index contributed by atoms with van der Waals surface area (Å²) in [4.78, 5) is 9.12. The highest BCUT2D eigenvalue weighted by Crippen LogP contribution is 2.27. The van der Waals surface area contributed by atoms with Crippen LogP contribution in [0.5, 0.6) is 0 Å². The zero-order chi connectivity index (χ0) is 15.1. The molecule has 0 aliphatic carbocycles. The molecule has 0 saturated heterocycles. The third-order valence-electron chi connectivity index (χ3n) is 3.73. The van der Waals surface area contributed by atoms with Crippen LogP contribution in [0.1, 0.15) is 36.6 Å². The van der Waals surface area contributed by atoms with Gasteiger partial charge in [-0.2, -0.15) is 5.10 Å². The third kappa shape index (κ3) is 2.23. The standard InChI is InChI=1S/C14H19ClN6/c1-5-10-12-14(20(4)18-10)21(13(17-12)9(2)15)8-11-16-6-7-19(11)3/h6-7,9H,5,8H2,1-4H3. The van der Waals surface area contributed by atoms with Crippen LogP contribution in [0.2, 0.25) is 0 Å². The molecule has 0 aliphatic heterocycles. The van der Waals surface area contributed by atoms with E-state index >= 15 is 0 Å². The fourth-order valence-corrected chi connectivity index (χ4v) is 2.81. The molecule has 0 amide bonds. The average molecular weight is 307 g/mol. The Balaban J connectivity index is 2.21. The average Bonchev–Trinajstić information content (AvgIpc) is 3.08. The lowest BCUT2D eigenvalue weighted by Crippen LogP contribution is -2.12. The summed E-state index contributed by atoms with van der Waals surface area (Å²) in [6.45, 7) is 4.66. The van der Waals surface area contributed by atoms with Gasteiger partial charge in [0.2, 0.25) is 0 Å². The van der Waals surface area contributed by atoms with E-state index in [4.69, 9.17) is 16.6 Å². The van der Waals surface area contributed by atoms with Crippen LogP contribution in [-0.2, 0) is 27.1 Å². The highest BCUT2D eigenvalue weighted by molar-refractivity contribution is 6.20. The number of alkyl halides is 1. The first-order valence-corrected chi connectivity index (χ1v) is 7.48. The number of rotatable bonds is 4. The van der Waals surface area contributed by atoms with Crippen molar-refractivity contribution in [1.82, 2.24) is 28.9 Å². The Kier molecular flexibility index (Phi) is 3.49. The number of imidazole rings is 2. The minimum Gasteiger partial charge on any atom is -0.337 e. The van der Waals surface area contributed by atoms with Gasteiger partial charge in [0.1, 0.15) is 17.2 Å². The van der Waals surface area contributed by atoms with E-state index in [1.165, 1.54) is 0 Å². The Labute approximate surface area is 128 Å². The quantitative estimate of drug-likeness (QED) is 0.696. The third-order valence-corrected chi connectivity index (χ3v) is 3.93. The molecule has 3 rings (SSSR count). The van der Waals surface area contributed by atoms with Gasteiger partial charge in [0.05, 0.1) is 17.6 Å². The van der Waals surface area contributed by atoms with E-state index in [0.717, 1.165) is 34.9 Å². The van der Waals surface area contributed by atoms with E-state index in [1.54, 1.807) is 6.20 Å². The molecule has 0 saturated carbocycles. The molecule has 3 aromatic rings. The van der Waals surface area contributed by atoms with Crippen molar-refractivity contribution in [3.05, 3.63) is 29.7 Å². The van der Waals surface area contributed by atoms with E-state index in [0.29, 0.717) is 6.54 Å². The maximum atomic E-state index is 6.32. The Bertz CT molecular complexity index is 779. The van der Waals surface area contributed by atoms with Crippen LogP contribution in [0.3, 0.4) is 0 Å². The predicted molar refractivity (Wildman–Crippen MR) is 82.5 cm³/mol. The van der Waals surface area contributed by atoms with Gasteiger partial charge in [-0.3, -0.25) is 4.68 Å². The van der Waals surface area contributed by atoms with Gasteiger partial charge in [0.15, 0.2) is 5.65 Å². The molecule has 3 aromatic heterocycles. The lowest BCUT2D eigenvalue weighted by atomic mass is 10.3. The first-order chi connectivity index (χ1) is 10.0. The number of halogens is 1. The van der Waals surface area contributed by atoms with Crippen molar-refractivity contribution in [1.29, 1.82) is 0 Å². The van der Waals surface area contributed by atoms with Gasteiger partial charge < -0.3 is 9.13 Å². The highest BCUT2D eigenvalue weighted by atomic mass is 35.5. The summed E-state index contributed by atoms with van der Waals surface area (Å²) < 4.78 is 6.00. The van der Waals surface area contributed by atoms with Crippen molar-refractivity contribution < 1.29 is 0 Å². The molecule has 6 nitrogen and oxygen atoms in total. The first-order valence-electron chi connectivity index (χ1n) is 7.05. The van der Waals surface area contributed by atoms with E-state index in [1.807, 2.05) is 36.5 Å². The van der Waals surface area contributed by atoms with Crippen molar-refractivity contribution in [2.75, 3.05) is 0 Å². The summed E-state index contributed by atoms with van der Waals surface area (Å²) in [5.74, 6) is 1.82. The summed E-state index contributed by atoms with van der Waals surface area (Å²) >= 11 is 6.32. The Morgan fingerprint density at radius 1 is 1.33 bits per heavy atom. The van der Waals surface area contributed by atoms with Gasteiger partial charge in [-0.05, 0) is 13.3 Å². The normalized spacial score (nSPS) is 13.2. The zero-order valence-electron chi connectivity index (χ0n) is 12.7.